The third kappa shape index (κ3) is 3.64. The third-order valence-corrected chi connectivity index (χ3v) is 9.09. The summed E-state index contributed by atoms with van der Waals surface area (Å²) < 4.78 is 0. The van der Waals surface area contributed by atoms with E-state index in [1.54, 1.807) is 55.5 Å². The van der Waals surface area contributed by atoms with Gasteiger partial charge in [-0.2, -0.15) is 5.01 Å². The minimum absolute atomic E-state index is 0.104. The van der Waals surface area contributed by atoms with E-state index in [1.807, 2.05) is 48.5 Å². The summed E-state index contributed by atoms with van der Waals surface area (Å²) in [4.78, 5) is 56.8. The van der Waals surface area contributed by atoms with Gasteiger partial charge in [-0.25, -0.2) is 5.01 Å². The van der Waals surface area contributed by atoms with Gasteiger partial charge >= 0.3 is 0 Å². The van der Waals surface area contributed by atoms with Gasteiger partial charge in [0, 0.05) is 17.4 Å². The second kappa shape index (κ2) is 9.53. The molecule has 8 rings (SSSR count). The molecular formula is C34H25ClN2O4. The minimum atomic E-state index is -1.16. The highest BCUT2D eigenvalue weighted by molar-refractivity contribution is 6.34. The first-order valence-corrected chi connectivity index (χ1v) is 14.0. The number of hydrazine groups is 1. The maximum Gasteiger partial charge on any atom is 0.275 e. The number of benzene rings is 4. The molecule has 1 saturated heterocycles. The molecule has 3 atom stereocenters. The molecular weight excluding hydrogens is 536 g/mol. The van der Waals surface area contributed by atoms with Crippen molar-refractivity contribution in [2.75, 3.05) is 0 Å². The lowest BCUT2D eigenvalue weighted by atomic mass is 9.55. The smallest absolute Gasteiger partial charge is 0.275 e. The van der Waals surface area contributed by atoms with Gasteiger partial charge in [0.05, 0.1) is 22.4 Å². The van der Waals surface area contributed by atoms with Crippen molar-refractivity contribution in [3.63, 3.8) is 0 Å². The van der Waals surface area contributed by atoms with E-state index in [4.69, 9.17) is 11.6 Å². The molecule has 1 aliphatic heterocycles. The number of imide groups is 1. The van der Waals surface area contributed by atoms with Crippen LogP contribution in [0.1, 0.15) is 61.7 Å². The molecule has 0 aromatic heterocycles. The molecule has 1 fully saturated rings. The average molecular weight is 561 g/mol. The average Bonchev–Trinajstić information content (AvgIpc) is 3.27. The number of nitrogens with zero attached hydrogens (tertiary/aromatic N) is 2. The van der Waals surface area contributed by atoms with Crippen molar-refractivity contribution in [2.24, 2.45) is 11.8 Å². The molecule has 6 nitrogen and oxygen atoms in total. The van der Waals surface area contributed by atoms with E-state index in [9.17, 15) is 19.2 Å². The van der Waals surface area contributed by atoms with Gasteiger partial charge in [0.1, 0.15) is 6.04 Å². The Balaban J connectivity index is 1.37. The number of ketones is 1. The van der Waals surface area contributed by atoms with Crippen LogP contribution in [0.2, 0.25) is 5.02 Å². The van der Waals surface area contributed by atoms with Crippen LogP contribution in [0.3, 0.4) is 0 Å². The second-order valence-electron chi connectivity index (χ2n) is 10.8. The molecule has 3 amide bonds. The number of Topliss-reactive ketones (excluding diaryl/α,β-unsaturated/α-hetero) is 1. The fourth-order valence-electron chi connectivity index (χ4n) is 7.03. The molecule has 0 spiro atoms. The first kappa shape index (κ1) is 25.4. The van der Waals surface area contributed by atoms with Gasteiger partial charge in [-0.3, -0.25) is 19.2 Å². The number of carbonyl (C=O) groups excluding carboxylic acids is 4. The van der Waals surface area contributed by atoms with Crippen molar-refractivity contribution >= 4 is 35.1 Å². The molecule has 41 heavy (non-hydrogen) atoms. The summed E-state index contributed by atoms with van der Waals surface area (Å²) in [5, 5.41) is 2.15. The summed E-state index contributed by atoms with van der Waals surface area (Å²) in [7, 11) is 0. The second-order valence-corrected chi connectivity index (χ2v) is 11.2. The lowest BCUT2D eigenvalue weighted by molar-refractivity contribution is -0.156. The van der Waals surface area contributed by atoms with E-state index in [1.165, 1.54) is 6.07 Å². The number of amides is 3. The molecule has 1 heterocycles. The first-order chi connectivity index (χ1) is 19.9. The summed E-state index contributed by atoms with van der Waals surface area (Å²) in [5.74, 6) is -4.10. The monoisotopic (exact) mass is 560 g/mol. The Morgan fingerprint density at radius 3 is 1.61 bits per heavy atom. The highest BCUT2D eigenvalue weighted by Crippen LogP contribution is 2.61. The zero-order valence-corrected chi connectivity index (χ0v) is 22.9. The first-order valence-electron chi connectivity index (χ1n) is 13.6. The summed E-state index contributed by atoms with van der Waals surface area (Å²) in [6.07, 6.45) is 0. The van der Waals surface area contributed by atoms with E-state index < -0.39 is 41.4 Å². The number of carbonyl (C=O) groups is 4. The van der Waals surface area contributed by atoms with Crippen molar-refractivity contribution in [1.29, 1.82) is 0 Å². The predicted octanol–water partition coefficient (Wildman–Crippen LogP) is 5.86. The number of hydrogen-bond acceptors (Lipinski definition) is 4. The van der Waals surface area contributed by atoms with Gasteiger partial charge < -0.3 is 0 Å². The number of halogens is 1. The van der Waals surface area contributed by atoms with Crippen LogP contribution in [0.15, 0.2) is 103 Å². The highest BCUT2D eigenvalue weighted by Gasteiger charge is 2.63. The Morgan fingerprint density at radius 1 is 0.683 bits per heavy atom. The highest BCUT2D eigenvalue weighted by atomic mass is 35.5. The van der Waals surface area contributed by atoms with Crippen molar-refractivity contribution in [3.8, 4) is 0 Å². The Morgan fingerprint density at radius 2 is 1.12 bits per heavy atom. The van der Waals surface area contributed by atoms with Crippen LogP contribution in [0, 0.1) is 11.8 Å². The summed E-state index contributed by atoms with van der Waals surface area (Å²) >= 11 is 6.42. The molecule has 4 aliphatic rings. The quantitative estimate of drug-likeness (QED) is 0.226. The lowest BCUT2D eigenvalue weighted by Crippen LogP contribution is -2.56. The maximum atomic E-state index is 14.5. The molecule has 0 radical (unpaired) electrons. The van der Waals surface area contributed by atoms with Crippen molar-refractivity contribution in [3.05, 3.63) is 142 Å². The van der Waals surface area contributed by atoms with E-state index in [0.717, 1.165) is 32.3 Å². The van der Waals surface area contributed by atoms with Gasteiger partial charge in [0.2, 0.25) is 0 Å². The van der Waals surface area contributed by atoms with Crippen molar-refractivity contribution in [2.45, 2.75) is 24.8 Å². The normalized spacial score (nSPS) is 22.5. The fraction of sp³-hybridized carbons (Fsp3) is 0.176. The lowest BCUT2D eigenvalue weighted by Gasteiger charge is -2.45. The van der Waals surface area contributed by atoms with Crippen LogP contribution in [-0.2, 0) is 9.59 Å². The van der Waals surface area contributed by atoms with Crippen LogP contribution in [0.4, 0.5) is 0 Å². The Labute approximate surface area is 242 Å². The van der Waals surface area contributed by atoms with Gasteiger partial charge in [0.15, 0.2) is 5.78 Å². The zero-order valence-electron chi connectivity index (χ0n) is 22.1. The minimum Gasteiger partial charge on any atom is -0.292 e. The molecule has 202 valence electrons. The van der Waals surface area contributed by atoms with E-state index in [0.29, 0.717) is 5.56 Å². The van der Waals surface area contributed by atoms with Gasteiger partial charge in [-0.05, 0) is 41.3 Å². The van der Waals surface area contributed by atoms with Crippen LogP contribution in [-0.4, -0.2) is 39.6 Å². The van der Waals surface area contributed by atoms with Crippen LogP contribution >= 0.6 is 11.6 Å². The maximum absolute atomic E-state index is 14.5. The Hall–Kier alpha value is -4.55. The van der Waals surface area contributed by atoms with Crippen LogP contribution in [0.5, 0.6) is 0 Å². The predicted molar refractivity (Wildman–Crippen MR) is 153 cm³/mol. The molecule has 3 aliphatic carbocycles. The largest absolute Gasteiger partial charge is 0.292 e. The molecule has 2 bridgehead atoms. The van der Waals surface area contributed by atoms with Crippen molar-refractivity contribution < 1.29 is 19.2 Å². The summed E-state index contributed by atoms with van der Waals surface area (Å²) in [5.41, 5.74) is 4.58. The Kier molecular flexibility index (Phi) is 5.91. The molecule has 7 heteroatoms. The molecule has 0 saturated carbocycles. The zero-order chi connectivity index (χ0) is 28.4. The van der Waals surface area contributed by atoms with Gasteiger partial charge in [-0.1, -0.05) is 103 Å². The SMILES string of the molecule is C[C@@H](C(=O)c1ccccc1)N(C(=O)c1ccccc1Cl)N1C(=O)[C@@H]2C3c4ccccc4C(c4ccccc43)[C@@H]2C1=O. The molecule has 4 aromatic rings. The van der Waals surface area contributed by atoms with Crippen LogP contribution < -0.4 is 0 Å². The molecule has 0 unspecified atom stereocenters. The number of rotatable bonds is 5. The topological polar surface area (TPSA) is 74.8 Å². The van der Waals surface area contributed by atoms with Crippen LogP contribution in [0.25, 0.3) is 0 Å². The fourth-order valence-corrected chi connectivity index (χ4v) is 7.24. The summed E-state index contributed by atoms with van der Waals surface area (Å²) in [6, 6.07) is 29.7. The molecule has 0 N–H and O–H groups in total. The van der Waals surface area contributed by atoms with Gasteiger partial charge in [-0.15, -0.1) is 0 Å². The van der Waals surface area contributed by atoms with Gasteiger partial charge in [0.25, 0.3) is 17.7 Å². The Bertz CT molecular complexity index is 1640. The van der Waals surface area contributed by atoms with E-state index >= 15 is 0 Å². The summed E-state index contributed by atoms with van der Waals surface area (Å²) in [6.45, 7) is 1.55. The van der Waals surface area contributed by atoms with E-state index in [-0.39, 0.29) is 22.4 Å². The number of hydrogen-bond donors (Lipinski definition) is 0. The standard InChI is InChI=1S/C34H25ClN2O4/c1-19(31(38)20-11-3-2-4-12-20)36(32(39)25-17-9-10-18-26(25)35)37-33(40)29-27-21-13-5-6-14-22(21)28(30(29)34(37)41)24-16-8-7-15-23(24)27/h2-19,27-30H,1H3/t19-,27?,28?,29-,30+/m0/s1. The van der Waals surface area contributed by atoms with Crippen molar-refractivity contribution in [1.82, 2.24) is 10.0 Å². The molecule has 4 aromatic carbocycles. The third-order valence-electron chi connectivity index (χ3n) is 8.76. The van der Waals surface area contributed by atoms with E-state index in [2.05, 4.69) is 0 Å².